The van der Waals surface area contributed by atoms with Crippen molar-refractivity contribution in [2.24, 2.45) is 23.2 Å². The Balaban J connectivity index is 2.37. The third-order valence-electron chi connectivity index (χ3n) is 5.70. The number of aldehydes is 1. The molecule has 2 heteroatoms. The number of carbonyl (C=O) groups excluding carboxylic acids is 2. The van der Waals surface area contributed by atoms with Crippen LogP contribution in [0.3, 0.4) is 0 Å². The van der Waals surface area contributed by atoms with Gasteiger partial charge in [-0.25, -0.2) is 0 Å². The summed E-state index contributed by atoms with van der Waals surface area (Å²) in [4.78, 5) is 23.7. The lowest BCUT2D eigenvalue weighted by molar-refractivity contribution is -0.127. The van der Waals surface area contributed by atoms with E-state index in [1.54, 1.807) is 0 Å². The van der Waals surface area contributed by atoms with Crippen molar-refractivity contribution in [1.29, 1.82) is 0 Å². The second kappa shape index (κ2) is 10.3. The number of rotatable bonds is 10. The van der Waals surface area contributed by atoms with Crippen LogP contribution in [-0.2, 0) is 9.59 Å². The third-order valence-corrected chi connectivity index (χ3v) is 5.70. The van der Waals surface area contributed by atoms with Crippen LogP contribution in [0.1, 0.15) is 98.3 Å². The van der Waals surface area contributed by atoms with Crippen LogP contribution in [0.15, 0.2) is 0 Å². The second-order valence-electron chi connectivity index (χ2n) is 8.69. The Morgan fingerprint density at radius 2 is 1.78 bits per heavy atom. The highest BCUT2D eigenvalue weighted by Crippen LogP contribution is 2.40. The van der Waals surface area contributed by atoms with Gasteiger partial charge in [0.2, 0.25) is 0 Å². The normalized spacial score (nSPS) is 23.7. The highest BCUT2D eigenvalue weighted by molar-refractivity contribution is 5.82. The molecule has 1 aliphatic rings. The van der Waals surface area contributed by atoms with Crippen LogP contribution in [0.25, 0.3) is 0 Å². The fraction of sp³-hybridized carbons (Fsp3) is 0.905. The lowest BCUT2D eigenvalue weighted by atomic mass is 9.67. The zero-order valence-electron chi connectivity index (χ0n) is 15.9. The van der Waals surface area contributed by atoms with E-state index >= 15 is 0 Å². The summed E-state index contributed by atoms with van der Waals surface area (Å²) >= 11 is 0. The molecule has 0 bridgehead atoms. The maximum Gasteiger partial charge on any atom is 0.136 e. The van der Waals surface area contributed by atoms with Crippen molar-refractivity contribution >= 4 is 12.1 Å². The summed E-state index contributed by atoms with van der Waals surface area (Å²) in [5, 5.41) is 0. The average Bonchev–Trinajstić information content (AvgIpc) is 2.50. The summed E-state index contributed by atoms with van der Waals surface area (Å²) in [7, 11) is 0. The van der Waals surface area contributed by atoms with Gasteiger partial charge in [0.15, 0.2) is 0 Å². The van der Waals surface area contributed by atoms with Crippen molar-refractivity contribution in [3.8, 4) is 0 Å². The number of unbranched alkanes of at least 4 members (excludes halogenated alkanes) is 5. The molecule has 1 saturated carbocycles. The first-order chi connectivity index (χ1) is 10.9. The number of hydrogen-bond acceptors (Lipinski definition) is 2. The molecule has 0 heterocycles. The predicted molar refractivity (Wildman–Crippen MR) is 97.5 cm³/mol. The highest BCUT2D eigenvalue weighted by Gasteiger charge is 2.35. The van der Waals surface area contributed by atoms with Gasteiger partial charge in [0, 0.05) is 18.3 Å². The van der Waals surface area contributed by atoms with E-state index in [4.69, 9.17) is 0 Å². The molecule has 0 aromatic heterocycles. The Labute approximate surface area is 143 Å². The van der Waals surface area contributed by atoms with Gasteiger partial charge in [-0.05, 0) is 37.0 Å². The number of carbonyl (C=O) groups is 2. The minimum atomic E-state index is 0.0915. The van der Waals surface area contributed by atoms with E-state index in [1.807, 2.05) is 0 Å². The molecule has 3 unspecified atom stereocenters. The zero-order chi connectivity index (χ0) is 17.3. The molecular formula is C21H38O2. The van der Waals surface area contributed by atoms with Crippen molar-refractivity contribution in [2.75, 3.05) is 0 Å². The molecule has 134 valence electrons. The predicted octanol–water partition coefficient (Wildman–Crippen LogP) is 5.97. The first-order valence-electron chi connectivity index (χ1n) is 9.86. The quantitative estimate of drug-likeness (QED) is 0.366. The third kappa shape index (κ3) is 7.63. The molecule has 23 heavy (non-hydrogen) atoms. The van der Waals surface area contributed by atoms with Crippen LogP contribution in [0.5, 0.6) is 0 Å². The van der Waals surface area contributed by atoms with Gasteiger partial charge in [0.05, 0.1) is 0 Å². The molecule has 2 nitrogen and oxygen atoms in total. The lowest BCUT2D eigenvalue weighted by Gasteiger charge is -2.37. The summed E-state index contributed by atoms with van der Waals surface area (Å²) in [5.74, 6) is 1.24. The number of hydrogen-bond donors (Lipinski definition) is 0. The summed E-state index contributed by atoms with van der Waals surface area (Å²) in [6.45, 7) is 9.06. The van der Waals surface area contributed by atoms with E-state index < -0.39 is 0 Å². The molecule has 0 aromatic carbocycles. The molecule has 1 fully saturated rings. The van der Waals surface area contributed by atoms with Crippen LogP contribution in [0, 0.1) is 23.2 Å². The molecule has 0 N–H and O–H groups in total. The van der Waals surface area contributed by atoms with Crippen molar-refractivity contribution in [3.05, 3.63) is 0 Å². The first-order valence-corrected chi connectivity index (χ1v) is 9.86. The van der Waals surface area contributed by atoms with Gasteiger partial charge >= 0.3 is 0 Å². The van der Waals surface area contributed by atoms with Crippen molar-refractivity contribution in [3.63, 3.8) is 0 Å². The average molecular weight is 323 g/mol. The summed E-state index contributed by atoms with van der Waals surface area (Å²) in [6, 6.07) is 0. The number of ketones is 1. The van der Waals surface area contributed by atoms with Gasteiger partial charge in [0.1, 0.15) is 12.1 Å². The molecule has 1 aliphatic carbocycles. The summed E-state index contributed by atoms with van der Waals surface area (Å²) in [5.41, 5.74) is 0.273. The van der Waals surface area contributed by atoms with Crippen molar-refractivity contribution in [2.45, 2.75) is 98.3 Å². The molecule has 3 atom stereocenters. The Hall–Kier alpha value is -0.660. The Morgan fingerprint density at radius 3 is 2.39 bits per heavy atom. The van der Waals surface area contributed by atoms with Crippen LogP contribution >= 0.6 is 0 Å². The first kappa shape index (κ1) is 20.4. The van der Waals surface area contributed by atoms with Gasteiger partial charge in [-0.15, -0.1) is 0 Å². The topological polar surface area (TPSA) is 34.1 Å². The van der Waals surface area contributed by atoms with Gasteiger partial charge in [-0.3, -0.25) is 4.79 Å². The minimum Gasteiger partial charge on any atom is -0.303 e. The van der Waals surface area contributed by atoms with Crippen molar-refractivity contribution in [1.82, 2.24) is 0 Å². The van der Waals surface area contributed by atoms with Crippen LogP contribution in [0.2, 0.25) is 0 Å². The van der Waals surface area contributed by atoms with Gasteiger partial charge in [0.25, 0.3) is 0 Å². The molecule has 0 aliphatic heterocycles. The molecule has 0 radical (unpaired) electrons. The maximum absolute atomic E-state index is 12.3. The van der Waals surface area contributed by atoms with Gasteiger partial charge in [-0.1, -0.05) is 66.2 Å². The van der Waals surface area contributed by atoms with E-state index in [-0.39, 0.29) is 17.3 Å². The molecule has 0 spiro atoms. The van der Waals surface area contributed by atoms with Gasteiger partial charge in [-0.2, -0.15) is 0 Å². The van der Waals surface area contributed by atoms with Gasteiger partial charge < -0.3 is 4.79 Å². The monoisotopic (exact) mass is 322 g/mol. The molecule has 1 rings (SSSR count). The Kier molecular flexibility index (Phi) is 9.09. The lowest BCUT2D eigenvalue weighted by Crippen LogP contribution is -2.33. The molecule has 0 saturated heterocycles. The molecule has 0 amide bonds. The van der Waals surface area contributed by atoms with E-state index in [1.165, 1.54) is 32.1 Å². The van der Waals surface area contributed by atoms with Crippen LogP contribution in [0.4, 0.5) is 0 Å². The van der Waals surface area contributed by atoms with E-state index in [2.05, 4.69) is 27.7 Å². The maximum atomic E-state index is 12.3. The van der Waals surface area contributed by atoms with Crippen LogP contribution in [-0.4, -0.2) is 12.1 Å². The SMILES string of the molecule is CCCCCCCCC(C=O)CC1CC(C(C)(C)C)CCC1=O. The van der Waals surface area contributed by atoms with E-state index in [9.17, 15) is 9.59 Å². The van der Waals surface area contributed by atoms with E-state index in [0.29, 0.717) is 11.7 Å². The molecule has 0 aromatic rings. The van der Waals surface area contributed by atoms with Crippen molar-refractivity contribution < 1.29 is 9.59 Å². The fourth-order valence-corrected chi connectivity index (χ4v) is 3.92. The number of Topliss-reactive ketones (excluding diaryl/α,β-unsaturated/α-hetero) is 1. The van der Waals surface area contributed by atoms with E-state index in [0.717, 1.165) is 44.8 Å². The summed E-state index contributed by atoms with van der Waals surface area (Å²) in [6.07, 6.45) is 13.2. The Morgan fingerprint density at radius 1 is 1.13 bits per heavy atom. The Bertz CT molecular complexity index is 353. The second-order valence-corrected chi connectivity index (χ2v) is 8.69. The molecular weight excluding hydrogens is 284 g/mol. The smallest absolute Gasteiger partial charge is 0.136 e. The zero-order valence-corrected chi connectivity index (χ0v) is 15.9. The minimum absolute atomic E-state index is 0.0915. The largest absolute Gasteiger partial charge is 0.303 e. The standard InChI is InChI=1S/C21H38O2/c1-5-6-7-8-9-10-11-17(16-22)14-18-15-19(21(2,3)4)12-13-20(18)23/h16-19H,5-15H2,1-4H3. The summed E-state index contributed by atoms with van der Waals surface area (Å²) < 4.78 is 0. The highest BCUT2D eigenvalue weighted by atomic mass is 16.1. The van der Waals surface area contributed by atoms with Crippen LogP contribution < -0.4 is 0 Å². The fourth-order valence-electron chi connectivity index (χ4n) is 3.92.